The number of carbonyl (C=O) groups excluding carboxylic acids is 1. The summed E-state index contributed by atoms with van der Waals surface area (Å²) in [6.45, 7) is 9.75. The van der Waals surface area contributed by atoms with E-state index in [-0.39, 0.29) is 11.9 Å². The summed E-state index contributed by atoms with van der Waals surface area (Å²) in [5.74, 6) is -0.649. The van der Waals surface area contributed by atoms with Gasteiger partial charge in [-0.05, 0) is 77.0 Å². The predicted octanol–water partition coefficient (Wildman–Crippen LogP) is 25.8. The highest BCUT2D eigenvalue weighted by atomic mass is 16.5. The Morgan fingerprint density at radius 2 is 0.500 bits per heavy atom. The molecule has 4 heteroatoms. The smallest absolute Gasteiger partial charge is 0.306 e. The third kappa shape index (κ3) is 70.4. The van der Waals surface area contributed by atoms with Crippen LogP contribution >= 0.6 is 0 Å². The van der Waals surface area contributed by atoms with Crippen LogP contribution in [-0.4, -0.2) is 23.7 Å². The maximum Gasteiger partial charge on any atom is 0.306 e. The largest absolute Gasteiger partial charge is 0.481 e. The number of unbranched alkanes of at least 4 members (excludes halogenated alkanes) is 51. The van der Waals surface area contributed by atoms with Gasteiger partial charge in [0.15, 0.2) is 0 Å². The second-order valence-electron chi connectivity index (χ2n) is 24.0. The van der Waals surface area contributed by atoms with Crippen molar-refractivity contribution in [1.82, 2.24) is 0 Å². The zero-order valence-corrected chi connectivity index (χ0v) is 52.7. The van der Waals surface area contributed by atoms with Gasteiger partial charge in [-0.3, -0.25) is 9.59 Å². The molecule has 0 aromatic heterocycles. The molecule has 0 saturated heterocycles. The summed E-state index contributed by atoms with van der Waals surface area (Å²) >= 11 is 0. The molecule has 0 saturated carbocycles. The summed E-state index contributed by atoms with van der Waals surface area (Å²) in [7, 11) is 0. The number of ether oxygens (including phenoxy) is 1. The van der Waals surface area contributed by atoms with Crippen molar-refractivity contribution in [2.24, 2.45) is 5.92 Å². The van der Waals surface area contributed by atoms with Gasteiger partial charge in [-0.25, -0.2) is 0 Å². The Bertz CT molecular complexity index is 1130. The van der Waals surface area contributed by atoms with Gasteiger partial charge in [0.1, 0.15) is 0 Å². The third-order valence-electron chi connectivity index (χ3n) is 16.2. The van der Waals surface area contributed by atoms with Gasteiger partial charge in [-0.2, -0.15) is 0 Å². The van der Waals surface area contributed by atoms with Gasteiger partial charge >= 0.3 is 11.9 Å². The fraction of sp³-hybridized carbons (Fsp3) is 0.917. The standard InChI is InChI=1S/2C36H70O2/c1-3-5-7-9-11-13-15-17-19-20-22-24-26-28-30-32-34-35(36(37)38)33-31-29-27-25-23-21-18-16-14-12-10-8-6-4-2;1-3-5-7-9-11-13-15-17-19-21-23-25-27-29-31-33-35-38-36(37)34-32-30-28-26-24-22-20-18-16-14-12-10-8-6-4-2/h17,19,35H,3-16,18,20-34H2,1-2H3,(H,37,38);17,19H,3-16,18,20-35H2,1-2H3/b2*19-17-. The first-order chi connectivity index (χ1) is 37.5. The van der Waals surface area contributed by atoms with Gasteiger partial charge in [-0.1, -0.05) is 354 Å². The Kier molecular flexibility index (Phi) is 71.9. The Labute approximate surface area is 479 Å². The van der Waals surface area contributed by atoms with Gasteiger partial charge in [0.25, 0.3) is 0 Å². The molecule has 1 N–H and O–H groups in total. The average molecular weight is 1070 g/mol. The topological polar surface area (TPSA) is 63.6 Å². The Hall–Kier alpha value is -1.58. The first kappa shape index (κ1) is 76.5. The zero-order valence-electron chi connectivity index (χ0n) is 52.7. The molecule has 0 aromatic carbocycles. The normalized spacial score (nSPS) is 12.0. The maximum atomic E-state index is 11.9. The van der Waals surface area contributed by atoms with Crippen molar-refractivity contribution in [3.63, 3.8) is 0 Å². The molecule has 0 bridgehead atoms. The van der Waals surface area contributed by atoms with Crippen LogP contribution < -0.4 is 0 Å². The van der Waals surface area contributed by atoms with Crippen LogP contribution in [0.4, 0.5) is 0 Å². The molecule has 76 heavy (non-hydrogen) atoms. The Morgan fingerprint density at radius 3 is 0.750 bits per heavy atom. The van der Waals surface area contributed by atoms with Crippen LogP contribution in [0.2, 0.25) is 0 Å². The van der Waals surface area contributed by atoms with Crippen molar-refractivity contribution in [3.8, 4) is 0 Å². The SMILES string of the molecule is CCCCCCCC/C=C\CCCCCCCCC(CCCCCCCCCCCCCCCC)C(=O)O.CCCCCCCC/C=C\CCCCCCCCOC(=O)CCCCCCCCCCCCCCCCC. The first-order valence-electron chi connectivity index (χ1n) is 35.2. The summed E-state index contributed by atoms with van der Waals surface area (Å²) in [6, 6.07) is 0. The highest BCUT2D eigenvalue weighted by Gasteiger charge is 2.16. The van der Waals surface area contributed by atoms with Crippen molar-refractivity contribution in [3.05, 3.63) is 24.3 Å². The molecule has 0 aliphatic rings. The minimum Gasteiger partial charge on any atom is -0.481 e. The van der Waals surface area contributed by atoms with Crippen LogP contribution in [0.3, 0.4) is 0 Å². The molecule has 0 amide bonds. The molecule has 0 aliphatic carbocycles. The first-order valence-corrected chi connectivity index (χ1v) is 35.2. The summed E-state index contributed by atoms with van der Waals surface area (Å²) in [4.78, 5) is 23.6. The van der Waals surface area contributed by atoms with Crippen molar-refractivity contribution >= 4 is 11.9 Å². The van der Waals surface area contributed by atoms with E-state index in [1.165, 1.54) is 340 Å². The lowest BCUT2D eigenvalue weighted by atomic mass is 9.94. The van der Waals surface area contributed by atoms with E-state index in [0.29, 0.717) is 13.0 Å². The molecular weight excluding hydrogens is 929 g/mol. The monoisotopic (exact) mass is 1070 g/mol. The lowest BCUT2D eigenvalue weighted by Crippen LogP contribution is -2.13. The number of esters is 1. The lowest BCUT2D eigenvalue weighted by Gasteiger charge is -2.12. The fourth-order valence-electron chi connectivity index (χ4n) is 10.9. The van der Waals surface area contributed by atoms with E-state index >= 15 is 0 Å². The second-order valence-corrected chi connectivity index (χ2v) is 24.0. The molecular formula is C72H140O4. The molecule has 0 spiro atoms. The molecule has 0 aromatic rings. The van der Waals surface area contributed by atoms with E-state index in [0.717, 1.165) is 38.5 Å². The van der Waals surface area contributed by atoms with Crippen LogP contribution in [-0.2, 0) is 14.3 Å². The Balaban J connectivity index is 0. The minimum absolute atomic E-state index is 0.0208. The average Bonchev–Trinajstić information content (AvgIpc) is 3.42. The number of carboxylic acid groups (broad SMARTS) is 1. The number of rotatable bonds is 64. The molecule has 0 rings (SSSR count). The van der Waals surface area contributed by atoms with Gasteiger partial charge in [-0.15, -0.1) is 0 Å². The Morgan fingerprint density at radius 1 is 0.289 bits per heavy atom. The van der Waals surface area contributed by atoms with Crippen LogP contribution in [0.1, 0.15) is 413 Å². The quantitative estimate of drug-likeness (QED) is 0.0375. The van der Waals surface area contributed by atoms with E-state index in [2.05, 4.69) is 52.0 Å². The van der Waals surface area contributed by atoms with Crippen molar-refractivity contribution in [2.45, 2.75) is 413 Å². The molecule has 1 unspecified atom stereocenters. The number of hydrogen-bond donors (Lipinski definition) is 1. The fourth-order valence-corrected chi connectivity index (χ4v) is 10.9. The van der Waals surface area contributed by atoms with Crippen molar-refractivity contribution < 1.29 is 19.4 Å². The summed E-state index contributed by atoms with van der Waals surface area (Å²) < 4.78 is 5.43. The molecule has 0 radical (unpaired) electrons. The van der Waals surface area contributed by atoms with E-state index in [1.54, 1.807) is 0 Å². The molecule has 0 fully saturated rings. The number of carboxylic acids is 1. The minimum atomic E-state index is -0.563. The predicted molar refractivity (Wildman–Crippen MR) is 340 cm³/mol. The molecule has 1 atom stereocenters. The van der Waals surface area contributed by atoms with Gasteiger partial charge in [0, 0.05) is 6.42 Å². The van der Waals surface area contributed by atoms with Crippen LogP contribution in [0.15, 0.2) is 24.3 Å². The van der Waals surface area contributed by atoms with E-state index in [1.807, 2.05) is 0 Å². The highest BCUT2D eigenvalue weighted by Crippen LogP contribution is 2.21. The molecule has 0 heterocycles. The lowest BCUT2D eigenvalue weighted by molar-refractivity contribution is -0.144. The highest BCUT2D eigenvalue weighted by molar-refractivity contribution is 5.70. The molecule has 4 nitrogen and oxygen atoms in total. The van der Waals surface area contributed by atoms with Crippen molar-refractivity contribution in [1.29, 1.82) is 0 Å². The van der Waals surface area contributed by atoms with E-state index in [4.69, 9.17) is 4.74 Å². The van der Waals surface area contributed by atoms with Gasteiger partial charge in [0.2, 0.25) is 0 Å². The van der Waals surface area contributed by atoms with Crippen LogP contribution in [0.25, 0.3) is 0 Å². The number of hydrogen-bond acceptors (Lipinski definition) is 3. The van der Waals surface area contributed by atoms with Crippen molar-refractivity contribution in [2.75, 3.05) is 6.61 Å². The molecule has 452 valence electrons. The maximum absolute atomic E-state index is 11.9. The van der Waals surface area contributed by atoms with Crippen LogP contribution in [0, 0.1) is 5.92 Å². The second kappa shape index (κ2) is 71.4. The summed E-state index contributed by atoms with van der Waals surface area (Å²) in [6.07, 6.45) is 88.0. The third-order valence-corrected chi connectivity index (χ3v) is 16.2. The number of carbonyl (C=O) groups is 2. The number of allylic oxidation sites excluding steroid dienone is 4. The molecule has 0 aliphatic heterocycles. The zero-order chi connectivity index (χ0) is 55.4. The van der Waals surface area contributed by atoms with E-state index < -0.39 is 5.97 Å². The van der Waals surface area contributed by atoms with E-state index in [9.17, 15) is 14.7 Å². The van der Waals surface area contributed by atoms with Crippen LogP contribution in [0.5, 0.6) is 0 Å². The summed E-state index contributed by atoms with van der Waals surface area (Å²) in [5.41, 5.74) is 0. The summed E-state index contributed by atoms with van der Waals surface area (Å²) in [5, 5.41) is 9.60. The number of aliphatic carboxylic acids is 1. The van der Waals surface area contributed by atoms with Gasteiger partial charge < -0.3 is 9.84 Å². The van der Waals surface area contributed by atoms with Gasteiger partial charge in [0.05, 0.1) is 12.5 Å².